The van der Waals surface area contributed by atoms with Crippen molar-refractivity contribution in [3.63, 3.8) is 0 Å². The van der Waals surface area contributed by atoms with Crippen molar-refractivity contribution in [2.45, 2.75) is 6.18 Å². The molecule has 0 saturated heterocycles. The molecule has 12 heteroatoms. The van der Waals surface area contributed by atoms with Crippen LogP contribution in [0.15, 0.2) is 39.9 Å². The maximum absolute atomic E-state index is 14.0. The standard InChI is InChI=1S/C16H9BrF5N5O/c17-8-2-1-3-11(26-27-12(6-23)15(24)25)13(8)28-14-9(18)4-7(5-10(14)19)16(20,21)22/h1-5,26H,(H3,24,25)/b27-12+. The number of nitrogens with one attached hydrogen (secondary N) is 2. The van der Waals surface area contributed by atoms with Crippen LogP contribution >= 0.6 is 15.9 Å². The third kappa shape index (κ3) is 4.74. The highest BCUT2D eigenvalue weighted by molar-refractivity contribution is 9.10. The summed E-state index contributed by atoms with van der Waals surface area (Å²) >= 11 is 3.08. The molecule has 0 spiro atoms. The first-order valence-electron chi connectivity index (χ1n) is 7.15. The van der Waals surface area contributed by atoms with Gasteiger partial charge in [-0.05, 0) is 40.2 Å². The molecule has 6 nitrogen and oxygen atoms in total. The lowest BCUT2D eigenvalue weighted by Crippen LogP contribution is -2.21. The molecule has 0 saturated carbocycles. The maximum Gasteiger partial charge on any atom is 0.416 e. The summed E-state index contributed by atoms with van der Waals surface area (Å²) < 4.78 is 71.4. The van der Waals surface area contributed by atoms with Crippen molar-refractivity contribution in [2.75, 3.05) is 5.43 Å². The van der Waals surface area contributed by atoms with E-state index in [1.54, 1.807) is 6.07 Å². The van der Waals surface area contributed by atoms with Gasteiger partial charge >= 0.3 is 6.18 Å². The zero-order valence-electron chi connectivity index (χ0n) is 13.5. The minimum Gasteiger partial charge on any atom is -0.448 e. The molecular formula is C16H9BrF5N5O. The summed E-state index contributed by atoms with van der Waals surface area (Å²) in [6.07, 6.45) is -4.94. The van der Waals surface area contributed by atoms with Gasteiger partial charge < -0.3 is 10.5 Å². The number of nitrogens with two attached hydrogens (primary N) is 1. The Balaban J connectivity index is 2.45. The normalized spacial score (nSPS) is 11.7. The molecule has 2 aromatic rings. The molecule has 146 valence electrons. The lowest BCUT2D eigenvalue weighted by Gasteiger charge is -2.15. The molecule has 0 aliphatic rings. The Morgan fingerprint density at radius 1 is 1.21 bits per heavy atom. The number of ether oxygens (including phenoxy) is 1. The number of hydrogen-bond donors (Lipinski definition) is 3. The lowest BCUT2D eigenvalue weighted by atomic mass is 10.2. The number of nitrogens with zero attached hydrogens (tertiary/aromatic N) is 2. The van der Waals surface area contributed by atoms with E-state index in [-0.39, 0.29) is 28.0 Å². The summed E-state index contributed by atoms with van der Waals surface area (Å²) in [5.74, 6) is -5.08. The van der Waals surface area contributed by atoms with E-state index in [1.807, 2.05) is 0 Å². The molecule has 0 aliphatic heterocycles. The molecule has 0 unspecified atom stereocenters. The predicted octanol–water partition coefficient (Wildman–Crippen LogP) is 4.77. The Morgan fingerprint density at radius 2 is 1.82 bits per heavy atom. The first-order chi connectivity index (χ1) is 13.0. The molecule has 0 fully saturated rings. The Hall–Kier alpha value is -3.20. The van der Waals surface area contributed by atoms with Crippen LogP contribution in [0.25, 0.3) is 0 Å². The van der Waals surface area contributed by atoms with E-state index in [0.29, 0.717) is 0 Å². The number of hydrazone groups is 1. The first kappa shape index (κ1) is 21.1. The average molecular weight is 462 g/mol. The van der Waals surface area contributed by atoms with Gasteiger partial charge in [-0.2, -0.15) is 23.5 Å². The SMILES string of the molecule is N#C/C(=N\Nc1cccc(Br)c1Oc1c(F)cc(C(F)(F)F)cc1F)C(=N)N. The molecule has 0 radical (unpaired) electrons. The molecule has 0 atom stereocenters. The maximum atomic E-state index is 14.0. The van der Waals surface area contributed by atoms with Gasteiger partial charge in [-0.1, -0.05) is 6.07 Å². The third-order valence-corrected chi connectivity index (χ3v) is 3.77. The molecule has 4 N–H and O–H groups in total. The second-order valence-corrected chi connectivity index (χ2v) is 5.94. The number of halogens is 6. The van der Waals surface area contributed by atoms with E-state index in [0.717, 1.165) is 0 Å². The number of benzene rings is 2. The van der Waals surface area contributed by atoms with Crippen molar-refractivity contribution in [1.82, 2.24) is 0 Å². The zero-order valence-corrected chi connectivity index (χ0v) is 15.1. The van der Waals surface area contributed by atoms with Gasteiger partial charge in [-0.25, -0.2) is 8.78 Å². The molecule has 2 rings (SSSR count). The molecule has 0 aliphatic carbocycles. The fourth-order valence-electron chi connectivity index (χ4n) is 1.89. The first-order valence-corrected chi connectivity index (χ1v) is 7.94. The van der Waals surface area contributed by atoms with Crippen molar-refractivity contribution < 1.29 is 26.7 Å². The van der Waals surface area contributed by atoms with Crippen LogP contribution < -0.4 is 15.9 Å². The van der Waals surface area contributed by atoms with Gasteiger partial charge in [-0.3, -0.25) is 10.8 Å². The fraction of sp³-hybridized carbons (Fsp3) is 0.0625. The van der Waals surface area contributed by atoms with E-state index in [4.69, 9.17) is 21.1 Å². The van der Waals surface area contributed by atoms with Crippen LogP contribution in [0, 0.1) is 28.4 Å². The number of alkyl halides is 3. The zero-order chi connectivity index (χ0) is 21.1. The van der Waals surface area contributed by atoms with Gasteiger partial charge in [-0.15, -0.1) is 0 Å². The summed E-state index contributed by atoms with van der Waals surface area (Å²) in [6, 6.07) is 6.01. The molecule has 2 aromatic carbocycles. The highest BCUT2D eigenvalue weighted by Crippen LogP contribution is 2.40. The molecule has 0 amide bonds. The summed E-state index contributed by atoms with van der Waals surface area (Å²) in [6.45, 7) is 0. The van der Waals surface area contributed by atoms with E-state index < -0.39 is 40.7 Å². The minimum atomic E-state index is -4.94. The average Bonchev–Trinajstić information content (AvgIpc) is 2.59. The van der Waals surface area contributed by atoms with Crippen molar-refractivity contribution in [1.29, 1.82) is 10.7 Å². The van der Waals surface area contributed by atoms with E-state index >= 15 is 0 Å². The summed E-state index contributed by atoms with van der Waals surface area (Å²) in [5.41, 5.74) is 5.50. The van der Waals surface area contributed by atoms with Crippen molar-refractivity contribution >= 4 is 33.2 Å². The number of nitriles is 1. The monoisotopic (exact) mass is 461 g/mol. The largest absolute Gasteiger partial charge is 0.448 e. The Bertz CT molecular complexity index is 977. The number of rotatable bonds is 5. The number of para-hydroxylation sites is 1. The Kier molecular flexibility index (Phi) is 6.19. The van der Waals surface area contributed by atoms with Crippen molar-refractivity contribution in [2.24, 2.45) is 10.8 Å². The van der Waals surface area contributed by atoms with Crippen molar-refractivity contribution in [3.05, 3.63) is 52.0 Å². The van der Waals surface area contributed by atoms with Gasteiger partial charge in [0.1, 0.15) is 11.8 Å². The molecule has 28 heavy (non-hydrogen) atoms. The third-order valence-electron chi connectivity index (χ3n) is 3.15. The van der Waals surface area contributed by atoms with E-state index in [1.165, 1.54) is 18.2 Å². The summed E-state index contributed by atoms with van der Waals surface area (Å²) in [4.78, 5) is 0. The molecule has 0 heterocycles. The van der Waals surface area contributed by atoms with Gasteiger partial charge in [0.15, 0.2) is 29.0 Å². The highest BCUT2D eigenvalue weighted by atomic mass is 79.9. The van der Waals surface area contributed by atoms with Crippen LogP contribution in [-0.2, 0) is 6.18 Å². The smallest absolute Gasteiger partial charge is 0.416 e. The number of anilines is 1. The summed E-state index contributed by atoms with van der Waals surface area (Å²) in [7, 11) is 0. The Morgan fingerprint density at radius 3 is 2.32 bits per heavy atom. The summed E-state index contributed by atoms with van der Waals surface area (Å²) in [5, 5.41) is 19.6. The van der Waals surface area contributed by atoms with E-state index in [2.05, 4.69) is 26.5 Å². The minimum absolute atomic E-state index is 0.0120. The molecule has 0 aromatic heterocycles. The topological polar surface area (TPSA) is 107 Å². The van der Waals surface area contributed by atoms with Gasteiger partial charge in [0.05, 0.1) is 10.0 Å². The van der Waals surface area contributed by atoms with Crippen LogP contribution in [-0.4, -0.2) is 11.5 Å². The van der Waals surface area contributed by atoms with Crippen LogP contribution in [0.5, 0.6) is 11.5 Å². The molecule has 0 bridgehead atoms. The van der Waals surface area contributed by atoms with Gasteiger partial charge in [0.25, 0.3) is 0 Å². The second-order valence-electron chi connectivity index (χ2n) is 5.08. The fourth-order valence-corrected chi connectivity index (χ4v) is 2.33. The highest BCUT2D eigenvalue weighted by Gasteiger charge is 2.33. The lowest BCUT2D eigenvalue weighted by molar-refractivity contribution is -0.138. The van der Waals surface area contributed by atoms with Gasteiger partial charge in [0.2, 0.25) is 5.71 Å². The number of amidine groups is 1. The quantitative estimate of drug-likeness (QED) is 0.258. The van der Waals surface area contributed by atoms with Gasteiger partial charge in [0, 0.05) is 0 Å². The van der Waals surface area contributed by atoms with Crippen molar-refractivity contribution in [3.8, 4) is 17.6 Å². The Labute approximate surface area is 163 Å². The van der Waals surface area contributed by atoms with E-state index in [9.17, 15) is 22.0 Å². The van der Waals surface area contributed by atoms with Crippen LogP contribution in [0.3, 0.4) is 0 Å². The predicted molar refractivity (Wildman–Crippen MR) is 94.2 cm³/mol. The number of hydrogen-bond acceptors (Lipinski definition) is 5. The molecular weight excluding hydrogens is 453 g/mol. The second kappa shape index (κ2) is 8.22. The van der Waals surface area contributed by atoms with Crippen LogP contribution in [0.2, 0.25) is 0 Å². The van der Waals surface area contributed by atoms with Crippen LogP contribution in [0.1, 0.15) is 5.56 Å². The van der Waals surface area contributed by atoms with Crippen LogP contribution in [0.4, 0.5) is 27.6 Å².